The molecular weight excluding hydrogens is 354 g/mol. The Morgan fingerprint density at radius 3 is 2.68 bits per heavy atom. The second-order valence-corrected chi connectivity index (χ2v) is 8.52. The van der Waals surface area contributed by atoms with E-state index in [1.807, 2.05) is 31.2 Å². The van der Waals surface area contributed by atoms with Gasteiger partial charge in [0.05, 0.1) is 18.2 Å². The van der Waals surface area contributed by atoms with Crippen LogP contribution in [0.1, 0.15) is 45.4 Å². The zero-order valence-corrected chi connectivity index (χ0v) is 16.6. The molecule has 1 aromatic rings. The number of carbonyl (C=O) groups is 2. The smallest absolute Gasteiger partial charge is 0.227 e. The summed E-state index contributed by atoms with van der Waals surface area (Å²) >= 11 is 0. The third-order valence-corrected chi connectivity index (χ3v) is 6.64. The Morgan fingerprint density at radius 2 is 1.96 bits per heavy atom. The molecule has 1 heterocycles. The number of hydrogen-bond acceptors (Lipinski definition) is 4. The number of rotatable bonds is 5. The first-order chi connectivity index (χ1) is 13.6. The second-order valence-electron chi connectivity index (χ2n) is 8.52. The molecule has 28 heavy (non-hydrogen) atoms. The summed E-state index contributed by atoms with van der Waals surface area (Å²) < 4.78 is 5.67. The van der Waals surface area contributed by atoms with Crippen molar-refractivity contribution in [2.24, 2.45) is 23.5 Å². The number of para-hydroxylation sites is 2. The van der Waals surface area contributed by atoms with Gasteiger partial charge in [0.2, 0.25) is 11.8 Å². The molecule has 0 radical (unpaired) electrons. The van der Waals surface area contributed by atoms with E-state index in [1.165, 1.54) is 6.42 Å². The van der Waals surface area contributed by atoms with Gasteiger partial charge in [0, 0.05) is 25.0 Å². The van der Waals surface area contributed by atoms with Crippen molar-refractivity contribution in [3.8, 4) is 5.75 Å². The number of nitrogens with one attached hydrogen (secondary N) is 1. The molecule has 3 fully saturated rings. The van der Waals surface area contributed by atoms with Crippen molar-refractivity contribution in [3.05, 3.63) is 24.3 Å². The van der Waals surface area contributed by atoms with E-state index < -0.39 is 0 Å². The molecular formula is C22H31N3O3. The lowest BCUT2D eigenvalue weighted by atomic mass is 9.67. The monoisotopic (exact) mass is 385 g/mol. The molecule has 2 amide bonds. The molecule has 3 aliphatic rings. The third-order valence-electron chi connectivity index (χ3n) is 6.64. The Balaban J connectivity index is 1.43. The largest absolute Gasteiger partial charge is 0.492 e. The van der Waals surface area contributed by atoms with Crippen molar-refractivity contribution in [2.75, 3.05) is 18.1 Å². The van der Waals surface area contributed by atoms with E-state index in [0.717, 1.165) is 31.4 Å². The topological polar surface area (TPSA) is 84.7 Å². The van der Waals surface area contributed by atoms with E-state index in [-0.39, 0.29) is 36.2 Å². The van der Waals surface area contributed by atoms with E-state index in [9.17, 15) is 9.59 Å². The van der Waals surface area contributed by atoms with Gasteiger partial charge >= 0.3 is 0 Å². The van der Waals surface area contributed by atoms with Crippen molar-refractivity contribution >= 4 is 17.5 Å². The number of anilines is 1. The molecule has 0 spiro atoms. The Bertz CT molecular complexity index is 723. The quantitative estimate of drug-likeness (QED) is 0.815. The summed E-state index contributed by atoms with van der Waals surface area (Å²) in [5.74, 6) is 1.35. The molecule has 6 heteroatoms. The highest BCUT2D eigenvalue weighted by atomic mass is 16.5. The molecule has 1 saturated heterocycles. The molecule has 1 aromatic carbocycles. The molecule has 6 nitrogen and oxygen atoms in total. The van der Waals surface area contributed by atoms with E-state index >= 15 is 0 Å². The molecule has 3 unspecified atom stereocenters. The Labute approximate surface area is 166 Å². The molecule has 1 aliphatic heterocycles. The fourth-order valence-electron chi connectivity index (χ4n) is 5.38. The molecule has 0 aromatic heterocycles. The second kappa shape index (κ2) is 8.11. The van der Waals surface area contributed by atoms with Gasteiger partial charge in [0.25, 0.3) is 0 Å². The summed E-state index contributed by atoms with van der Waals surface area (Å²) in [5.41, 5.74) is 6.96. The maximum Gasteiger partial charge on any atom is 0.227 e. The number of carbonyl (C=O) groups excluding carboxylic acids is 2. The maximum absolute atomic E-state index is 13.0. The van der Waals surface area contributed by atoms with E-state index in [1.54, 1.807) is 4.90 Å². The molecule has 2 aliphatic carbocycles. The van der Waals surface area contributed by atoms with Crippen molar-refractivity contribution in [1.82, 2.24) is 5.32 Å². The van der Waals surface area contributed by atoms with Gasteiger partial charge in [0.15, 0.2) is 0 Å². The average Bonchev–Trinajstić information content (AvgIpc) is 3.05. The minimum Gasteiger partial charge on any atom is -0.492 e. The summed E-state index contributed by atoms with van der Waals surface area (Å²) in [5, 5.41) is 3.31. The first-order valence-electron chi connectivity index (χ1n) is 10.6. The van der Waals surface area contributed by atoms with Gasteiger partial charge in [-0.3, -0.25) is 9.59 Å². The van der Waals surface area contributed by atoms with Crippen LogP contribution >= 0.6 is 0 Å². The van der Waals surface area contributed by atoms with E-state index in [4.69, 9.17) is 10.5 Å². The van der Waals surface area contributed by atoms with Crippen LogP contribution in [0.3, 0.4) is 0 Å². The zero-order chi connectivity index (χ0) is 19.7. The van der Waals surface area contributed by atoms with Crippen molar-refractivity contribution in [1.29, 1.82) is 0 Å². The molecule has 3 atom stereocenters. The van der Waals surface area contributed by atoms with Gasteiger partial charge in [0.1, 0.15) is 5.75 Å². The number of amides is 2. The summed E-state index contributed by atoms with van der Waals surface area (Å²) in [4.78, 5) is 27.4. The minimum atomic E-state index is -0.307. The summed E-state index contributed by atoms with van der Waals surface area (Å²) in [6.07, 6.45) is 5.78. The first-order valence-corrected chi connectivity index (χ1v) is 10.6. The Morgan fingerprint density at radius 1 is 1.25 bits per heavy atom. The molecule has 152 valence electrons. The van der Waals surface area contributed by atoms with Crippen LogP contribution in [-0.4, -0.2) is 37.0 Å². The lowest BCUT2D eigenvalue weighted by Gasteiger charge is -2.45. The summed E-state index contributed by atoms with van der Waals surface area (Å²) in [6, 6.07) is 8.03. The maximum atomic E-state index is 13.0. The van der Waals surface area contributed by atoms with Crippen LogP contribution in [0.25, 0.3) is 0 Å². The molecule has 2 saturated carbocycles. The van der Waals surface area contributed by atoms with Crippen LogP contribution in [-0.2, 0) is 9.59 Å². The van der Waals surface area contributed by atoms with Crippen molar-refractivity contribution < 1.29 is 14.3 Å². The first kappa shape index (κ1) is 19.2. The van der Waals surface area contributed by atoms with Gasteiger partial charge in [-0.1, -0.05) is 18.6 Å². The normalized spacial score (nSPS) is 32.3. The van der Waals surface area contributed by atoms with Crippen LogP contribution in [0.2, 0.25) is 0 Å². The average molecular weight is 386 g/mol. The van der Waals surface area contributed by atoms with Gasteiger partial charge in [-0.05, 0) is 56.6 Å². The van der Waals surface area contributed by atoms with Crippen molar-refractivity contribution in [2.45, 2.75) is 57.5 Å². The molecule has 4 rings (SSSR count). The van der Waals surface area contributed by atoms with Crippen LogP contribution < -0.4 is 20.7 Å². The summed E-state index contributed by atoms with van der Waals surface area (Å²) in [7, 11) is 0. The highest BCUT2D eigenvalue weighted by molar-refractivity contribution is 6.01. The SMILES string of the molecule is CCOc1ccccc1N1CC(C(=O)NC2C3CCCC2CC(N)C3)CC1=O. The lowest BCUT2D eigenvalue weighted by Crippen LogP contribution is -2.54. The third kappa shape index (κ3) is 3.75. The Kier molecular flexibility index (Phi) is 5.58. The van der Waals surface area contributed by atoms with Gasteiger partial charge in [-0.2, -0.15) is 0 Å². The van der Waals surface area contributed by atoms with Crippen LogP contribution in [0.5, 0.6) is 5.75 Å². The highest BCUT2D eigenvalue weighted by Gasteiger charge is 2.42. The van der Waals surface area contributed by atoms with Gasteiger partial charge in [-0.25, -0.2) is 0 Å². The number of ether oxygens (including phenoxy) is 1. The number of nitrogens with two attached hydrogens (primary N) is 1. The number of benzene rings is 1. The highest BCUT2D eigenvalue weighted by Crippen LogP contribution is 2.40. The Hall–Kier alpha value is -2.08. The fraction of sp³-hybridized carbons (Fsp3) is 0.636. The van der Waals surface area contributed by atoms with Crippen LogP contribution in [0.15, 0.2) is 24.3 Å². The van der Waals surface area contributed by atoms with E-state index in [0.29, 0.717) is 30.7 Å². The number of nitrogens with zero attached hydrogens (tertiary/aromatic N) is 1. The zero-order valence-electron chi connectivity index (χ0n) is 16.6. The standard InChI is InChI=1S/C22H31N3O3/c1-2-28-19-9-4-3-8-18(19)25-13-16(12-20(25)26)22(27)24-21-14-6-5-7-15(21)11-17(23)10-14/h3-4,8-9,14-17,21H,2,5-7,10-13,23H2,1H3,(H,24,27). The van der Waals surface area contributed by atoms with Crippen LogP contribution in [0, 0.1) is 17.8 Å². The minimum absolute atomic E-state index is 0.0156. The number of hydrogen-bond donors (Lipinski definition) is 2. The predicted octanol–water partition coefficient (Wildman–Crippen LogP) is 2.46. The summed E-state index contributed by atoms with van der Waals surface area (Å²) in [6.45, 7) is 2.87. The lowest BCUT2D eigenvalue weighted by molar-refractivity contribution is -0.128. The fourth-order valence-corrected chi connectivity index (χ4v) is 5.38. The van der Waals surface area contributed by atoms with Gasteiger partial charge < -0.3 is 20.7 Å². The molecule has 3 N–H and O–H groups in total. The molecule has 2 bridgehead atoms. The number of fused-ring (bicyclic) bond motifs is 2. The van der Waals surface area contributed by atoms with Gasteiger partial charge in [-0.15, -0.1) is 0 Å². The van der Waals surface area contributed by atoms with E-state index in [2.05, 4.69) is 5.32 Å². The van der Waals surface area contributed by atoms with Crippen molar-refractivity contribution in [3.63, 3.8) is 0 Å². The predicted molar refractivity (Wildman–Crippen MR) is 108 cm³/mol. The van der Waals surface area contributed by atoms with Crippen LogP contribution in [0.4, 0.5) is 5.69 Å².